The second-order valence-electron chi connectivity index (χ2n) is 2.34. The molecular formula is C7H4ClF2NO3. The van der Waals surface area contributed by atoms with Gasteiger partial charge in [0.2, 0.25) is 0 Å². The zero-order valence-electron chi connectivity index (χ0n) is 6.54. The molecule has 2 N–H and O–H groups in total. The van der Waals surface area contributed by atoms with Crippen molar-refractivity contribution in [3.63, 3.8) is 0 Å². The van der Waals surface area contributed by atoms with E-state index in [4.69, 9.17) is 21.8 Å². The van der Waals surface area contributed by atoms with Crippen molar-refractivity contribution in [2.45, 2.75) is 6.43 Å². The number of aromatic nitrogens is 1. The number of alkyl halides is 2. The number of rotatable bonds is 2. The Morgan fingerprint density at radius 3 is 2.57 bits per heavy atom. The van der Waals surface area contributed by atoms with E-state index in [1.54, 1.807) is 0 Å². The van der Waals surface area contributed by atoms with Crippen LogP contribution in [0.25, 0.3) is 0 Å². The first-order valence-corrected chi connectivity index (χ1v) is 3.72. The molecule has 0 amide bonds. The van der Waals surface area contributed by atoms with Gasteiger partial charge in [-0.1, -0.05) is 11.6 Å². The molecule has 0 spiro atoms. The summed E-state index contributed by atoms with van der Waals surface area (Å²) in [5.41, 5.74) is -1.73. The summed E-state index contributed by atoms with van der Waals surface area (Å²) in [5, 5.41) is 17.1. The monoisotopic (exact) mass is 223 g/mol. The molecule has 7 heteroatoms. The lowest BCUT2D eigenvalue weighted by Gasteiger charge is -2.05. The van der Waals surface area contributed by atoms with Crippen molar-refractivity contribution in [2.75, 3.05) is 0 Å². The zero-order chi connectivity index (χ0) is 10.9. The van der Waals surface area contributed by atoms with Gasteiger partial charge in [0, 0.05) is 0 Å². The highest BCUT2D eigenvalue weighted by Crippen LogP contribution is 2.32. The third kappa shape index (κ3) is 1.90. The van der Waals surface area contributed by atoms with E-state index in [1.807, 2.05) is 0 Å². The molecule has 0 aliphatic heterocycles. The molecule has 76 valence electrons. The molecule has 0 bridgehead atoms. The van der Waals surface area contributed by atoms with E-state index < -0.39 is 34.6 Å². The number of nitrogens with zero attached hydrogens (tertiary/aromatic N) is 1. The quantitative estimate of drug-likeness (QED) is 0.753. The van der Waals surface area contributed by atoms with Crippen molar-refractivity contribution in [1.82, 2.24) is 4.98 Å². The van der Waals surface area contributed by atoms with Gasteiger partial charge in [-0.05, 0) is 6.07 Å². The summed E-state index contributed by atoms with van der Waals surface area (Å²) in [5.74, 6) is -2.68. The minimum absolute atomic E-state index is 0.407. The molecule has 0 fully saturated rings. The Morgan fingerprint density at radius 1 is 1.57 bits per heavy atom. The normalized spacial score (nSPS) is 10.6. The van der Waals surface area contributed by atoms with Gasteiger partial charge in [0.25, 0.3) is 6.43 Å². The molecule has 1 aromatic heterocycles. The second kappa shape index (κ2) is 3.75. The van der Waals surface area contributed by atoms with E-state index in [2.05, 4.69) is 4.98 Å². The average molecular weight is 224 g/mol. The maximum absolute atomic E-state index is 12.2. The smallest absolute Gasteiger partial charge is 0.358 e. The van der Waals surface area contributed by atoms with Crippen molar-refractivity contribution in [2.24, 2.45) is 0 Å². The molecule has 1 heterocycles. The van der Waals surface area contributed by atoms with Crippen LogP contribution in [0, 0.1) is 0 Å². The van der Waals surface area contributed by atoms with Gasteiger partial charge in [-0.25, -0.2) is 18.6 Å². The summed E-state index contributed by atoms with van der Waals surface area (Å²) in [6.45, 7) is 0. The van der Waals surface area contributed by atoms with E-state index in [9.17, 15) is 13.6 Å². The molecule has 0 saturated carbocycles. The Labute approximate surface area is 81.8 Å². The van der Waals surface area contributed by atoms with Gasteiger partial charge in [-0.15, -0.1) is 0 Å². The van der Waals surface area contributed by atoms with Crippen molar-refractivity contribution in [1.29, 1.82) is 0 Å². The largest absolute Gasteiger partial charge is 0.505 e. The van der Waals surface area contributed by atoms with Gasteiger partial charge < -0.3 is 10.2 Å². The van der Waals surface area contributed by atoms with Crippen LogP contribution < -0.4 is 0 Å². The Bertz CT molecular complexity index is 383. The molecular weight excluding hydrogens is 220 g/mol. The van der Waals surface area contributed by atoms with Crippen LogP contribution in [-0.2, 0) is 0 Å². The molecule has 0 aromatic carbocycles. The molecule has 0 radical (unpaired) electrons. The first-order chi connectivity index (χ1) is 6.43. The van der Waals surface area contributed by atoms with Crippen LogP contribution in [0.5, 0.6) is 5.75 Å². The number of hydrogen-bond acceptors (Lipinski definition) is 3. The molecule has 1 aromatic rings. The molecule has 1 rings (SSSR count). The number of carboxylic acid groups (broad SMARTS) is 1. The number of aromatic carboxylic acids is 1. The van der Waals surface area contributed by atoms with E-state index in [-0.39, 0.29) is 0 Å². The van der Waals surface area contributed by atoms with Crippen LogP contribution in [0.15, 0.2) is 6.07 Å². The van der Waals surface area contributed by atoms with Gasteiger partial charge in [0.1, 0.15) is 5.15 Å². The summed E-state index contributed by atoms with van der Waals surface area (Å²) in [4.78, 5) is 13.6. The minimum Gasteiger partial charge on any atom is -0.505 e. The van der Waals surface area contributed by atoms with E-state index >= 15 is 0 Å². The Morgan fingerprint density at radius 2 is 2.14 bits per heavy atom. The van der Waals surface area contributed by atoms with Crippen LogP contribution in [0.2, 0.25) is 5.15 Å². The van der Waals surface area contributed by atoms with Gasteiger partial charge in [0.05, 0.1) is 5.56 Å². The van der Waals surface area contributed by atoms with Gasteiger partial charge in [-0.3, -0.25) is 0 Å². The molecule has 4 nitrogen and oxygen atoms in total. The minimum atomic E-state index is -3.01. The number of carbonyl (C=O) groups is 1. The SMILES string of the molecule is O=C(O)c1nc(Cl)cc(C(F)F)c1O. The molecule has 0 aliphatic rings. The number of halogens is 3. The Balaban J connectivity index is 3.40. The highest BCUT2D eigenvalue weighted by molar-refractivity contribution is 6.29. The van der Waals surface area contributed by atoms with Crippen LogP contribution in [-0.4, -0.2) is 21.2 Å². The maximum Gasteiger partial charge on any atom is 0.358 e. The maximum atomic E-state index is 12.2. The lowest BCUT2D eigenvalue weighted by molar-refractivity contribution is 0.0685. The van der Waals surface area contributed by atoms with Crippen molar-refractivity contribution >= 4 is 17.6 Å². The number of hydrogen-bond donors (Lipinski definition) is 2. The van der Waals surface area contributed by atoms with Gasteiger partial charge in [-0.2, -0.15) is 0 Å². The lowest BCUT2D eigenvalue weighted by atomic mass is 10.2. The van der Waals surface area contributed by atoms with Crippen LogP contribution in [0.4, 0.5) is 8.78 Å². The fourth-order valence-corrected chi connectivity index (χ4v) is 1.04. The number of aromatic hydroxyl groups is 1. The van der Waals surface area contributed by atoms with Crippen molar-refractivity contribution in [3.05, 3.63) is 22.5 Å². The summed E-state index contributed by atoms with van der Waals surface area (Å²) < 4.78 is 24.4. The molecule has 0 saturated heterocycles. The molecule has 0 atom stereocenters. The summed E-state index contributed by atoms with van der Waals surface area (Å²) >= 11 is 5.29. The third-order valence-corrected chi connectivity index (χ3v) is 1.62. The van der Waals surface area contributed by atoms with Gasteiger partial charge in [0.15, 0.2) is 11.4 Å². The fraction of sp³-hybridized carbons (Fsp3) is 0.143. The van der Waals surface area contributed by atoms with Crippen LogP contribution in [0.3, 0.4) is 0 Å². The predicted octanol–water partition coefficient (Wildman–Crippen LogP) is 2.08. The second-order valence-corrected chi connectivity index (χ2v) is 2.72. The molecule has 0 unspecified atom stereocenters. The topological polar surface area (TPSA) is 70.4 Å². The Hall–Kier alpha value is -1.43. The standard InChI is InChI=1S/C7H4ClF2NO3/c8-3-1-2(6(9)10)5(12)4(11-3)7(13)14/h1,6,12H,(H,13,14). The zero-order valence-corrected chi connectivity index (χ0v) is 7.29. The van der Waals surface area contributed by atoms with E-state index in [1.165, 1.54) is 0 Å². The lowest BCUT2D eigenvalue weighted by Crippen LogP contribution is -2.03. The number of pyridine rings is 1. The third-order valence-electron chi connectivity index (χ3n) is 1.43. The highest BCUT2D eigenvalue weighted by atomic mass is 35.5. The van der Waals surface area contributed by atoms with E-state index in [0.717, 1.165) is 0 Å². The van der Waals surface area contributed by atoms with Crippen molar-refractivity contribution < 1.29 is 23.8 Å². The average Bonchev–Trinajstić information content (AvgIpc) is 2.07. The summed E-state index contributed by atoms with van der Waals surface area (Å²) in [7, 11) is 0. The summed E-state index contributed by atoms with van der Waals surface area (Å²) in [6.07, 6.45) is -3.01. The Kier molecular flexibility index (Phi) is 2.85. The first-order valence-electron chi connectivity index (χ1n) is 3.34. The highest BCUT2D eigenvalue weighted by Gasteiger charge is 2.22. The molecule has 0 aliphatic carbocycles. The van der Waals surface area contributed by atoms with Crippen LogP contribution >= 0.6 is 11.6 Å². The first kappa shape index (κ1) is 10.6. The van der Waals surface area contributed by atoms with Crippen LogP contribution in [0.1, 0.15) is 22.5 Å². The predicted molar refractivity (Wildman–Crippen MR) is 42.8 cm³/mol. The van der Waals surface area contributed by atoms with E-state index in [0.29, 0.717) is 6.07 Å². The fourth-order valence-electron chi connectivity index (χ4n) is 0.841. The van der Waals surface area contributed by atoms with Crippen molar-refractivity contribution in [3.8, 4) is 5.75 Å². The van der Waals surface area contributed by atoms with Gasteiger partial charge >= 0.3 is 5.97 Å². The summed E-state index contributed by atoms with van der Waals surface area (Å²) in [6, 6.07) is 0.716. The molecule has 14 heavy (non-hydrogen) atoms. The number of carboxylic acids is 1.